The molecule has 3 aromatic rings. The number of rotatable bonds is 8. The van der Waals surface area contributed by atoms with E-state index in [1.807, 2.05) is 17.7 Å². The largest absolute Gasteiger partial charge is 0.370 e. The van der Waals surface area contributed by atoms with Gasteiger partial charge in [-0.05, 0) is 43.3 Å². The number of hydrogen-bond donors (Lipinski definition) is 2. The van der Waals surface area contributed by atoms with Crippen LogP contribution in [0.15, 0.2) is 48.9 Å². The maximum absolute atomic E-state index is 13.1. The molecule has 0 unspecified atom stereocenters. The number of aromatic nitrogens is 2. The Labute approximate surface area is 205 Å². The van der Waals surface area contributed by atoms with E-state index in [1.54, 1.807) is 47.6 Å². The molecule has 178 valence electrons. The Morgan fingerprint density at radius 3 is 2.68 bits per heavy atom. The summed E-state index contributed by atoms with van der Waals surface area (Å²) in [7, 11) is 0. The Kier molecular flexibility index (Phi) is 7.61. The standard InChI is InChI=1S/C23H24ClN5O4S/c1-2-28-12-16(25-14-28)11-18(27-23(32)19-7-8-20(24)34-19)22(31)26-15-3-5-17(6-4-15)29-9-10-33-13-21(29)30/h3-8,12,14,18H,2,9-11,13H2,1H3,(H,26,31)(H,27,32)/t18-/m1/s1. The number of carbonyl (C=O) groups excluding carboxylic acids is 3. The normalized spacial score (nSPS) is 14.6. The van der Waals surface area contributed by atoms with Gasteiger partial charge >= 0.3 is 0 Å². The summed E-state index contributed by atoms with van der Waals surface area (Å²) in [4.78, 5) is 44.3. The maximum atomic E-state index is 13.1. The number of amides is 3. The molecule has 4 rings (SSSR count). The molecule has 9 nitrogen and oxygen atoms in total. The number of nitrogens with one attached hydrogen (secondary N) is 2. The summed E-state index contributed by atoms with van der Waals surface area (Å²) in [5, 5.41) is 5.64. The van der Waals surface area contributed by atoms with Crippen LogP contribution in [0.4, 0.5) is 11.4 Å². The lowest BCUT2D eigenvalue weighted by molar-refractivity contribution is -0.125. The van der Waals surface area contributed by atoms with Crippen molar-refractivity contribution in [2.24, 2.45) is 0 Å². The lowest BCUT2D eigenvalue weighted by atomic mass is 10.1. The fourth-order valence-corrected chi connectivity index (χ4v) is 4.46. The fourth-order valence-electron chi connectivity index (χ4n) is 3.51. The van der Waals surface area contributed by atoms with Gasteiger partial charge in [-0.15, -0.1) is 11.3 Å². The van der Waals surface area contributed by atoms with Crippen molar-refractivity contribution < 1.29 is 19.1 Å². The Hall–Kier alpha value is -3.21. The third-order valence-electron chi connectivity index (χ3n) is 5.32. The molecule has 3 amide bonds. The molecule has 1 aliphatic heterocycles. The zero-order valence-corrected chi connectivity index (χ0v) is 20.1. The summed E-state index contributed by atoms with van der Waals surface area (Å²) < 4.78 is 7.55. The van der Waals surface area contributed by atoms with Crippen molar-refractivity contribution in [1.82, 2.24) is 14.9 Å². The molecule has 3 heterocycles. The van der Waals surface area contributed by atoms with Crippen LogP contribution in [0.25, 0.3) is 0 Å². The second-order valence-electron chi connectivity index (χ2n) is 7.66. The van der Waals surface area contributed by atoms with E-state index >= 15 is 0 Å². The summed E-state index contributed by atoms with van der Waals surface area (Å²) in [6.07, 6.45) is 3.77. The Bertz CT molecular complexity index is 1180. The monoisotopic (exact) mass is 501 g/mol. The first-order valence-electron chi connectivity index (χ1n) is 10.8. The van der Waals surface area contributed by atoms with Crippen molar-refractivity contribution in [3.8, 4) is 0 Å². The van der Waals surface area contributed by atoms with Crippen molar-refractivity contribution in [1.29, 1.82) is 0 Å². The molecule has 0 aliphatic carbocycles. The molecule has 2 N–H and O–H groups in total. The van der Waals surface area contributed by atoms with Crippen LogP contribution in [0.2, 0.25) is 4.34 Å². The van der Waals surface area contributed by atoms with Gasteiger partial charge in [-0.25, -0.2) is 4.98 Å². The van der Waals surface area contributed by atoms with Gasteiger partial charge in [0.1, 0.15) is 12.6 Å². The topological polar surface area (TPSA) is 106 Å². The molecule has 2 aromatic heterocycles. The lowest BCUT2D eigenvalue weighted by Crippen LogP contribution is -2.45. The number of halogens is 1. The van der Waals surface area contributed by atoms with Crippen LogP contribution in [0.1, 0.15) is 22.3 Å². The number of carbonyl (C=O) groups is 3. The van der Waals surface area contributed by atoms with E-state index in [0.29, 0.717) is 33.7 Å². The molecule has 1 fully saturated rings. The summed E-state index contributed by atoms with van der Waals surface area (Å²) in [6.45, 7) is 3.77. The highest BCUT2D eigenvalue weighted by atomic mass is 35.5. The van der Waals surface area contributed by atoms with Crippen LogP contribution in [0, 0.1) is 0 Å². The van der Waals surface area contributed by atoms with E-state index in [2.05, 4.69) is 15.6 Å². The highest BCUT2D eigenvalue weighted by molar-refractivity contribution is 7.18. The smallest absolute Gasteiger partial charge is 0.262 e. The number of nitrogens with zero attached hydrogens (tertiary/aromatic N) is 3. The van der Waals surface area contributed by atoms with Gasteiger partial charge in [0.25, 0.3) is 11.8 Å². The second kappa shape index (κ2) is 10.8. The van der Waals surface area contributed by atoms with Crippen LogP contribution < -0.4 is 15.5 Å². The van der Waals surface area contributed by atoms with E-state index in [9.17, 15) is 14.4 Å². The van der Waals surface area contributed by atoms with E-state index in [1.165, 1.54) is 0 Å². The van der Waals surface area contributed by atoms with Crippen molar-refractivity contribution in [2.45, 2.75) is 25.9 Å². The minimum Gasteiger partial charge on any atom is -0.370 e. The zero-order chi connectivity index (χ0) is 24.1. The second-order valence-corrected chi connectivity index (χ2v) is 9.38. The van der Waals surface area contributed by atoms with Crippen LogP contribution in [-0.2, 0) is 27.3 Å². The number of anilines is 2. The number of ether oxygens (including phenoxy) is 1. The van der Waals surface area contributed by atoms with Gasteiger partial charge in [-0.2, -0.15) is 0 Å². The van der Waals surface area contributed by atoms with E-state index in [4.69, 9.17) is 16.3 Å². The summed E-state index contributed by atoms with van der Waals surface area (Å²) in [6, 6.07) is 9.38. The van der Waals surface area contributed by atoms with Gasteiger partial charge in [-0.3, -0.25) is 14.4 Å². The van der Waals surface area contributed by atoms with Crippen LogP contribution in [0.3, 0.4) is 0 Å². The molecule has 1 atom stereocenters. The molecule has 0 bridgehead atoms. The average Bonchev–Trinajstić information content (AvgIpc) is 3.48. The molecular weight excluding hydrogens is 478 g/mol. The number of benzene rings is 1. The molecule has 1 saturated heterocycles. The number of hydrogen-bond acceptors (Lipinski definition) is 6. The van der Waals surface area contributed by atoms with E-state index in [-0.39, 0.29) is 30.7 Å². The van der Waals surface area contributed by atoms with Gasteiger partial charge in [0, 0.05) is 37.1 Å². The van der Waals surface area contributed by atoms with Crippen LogP contribution in [-0.4, -0.2) is 53.1 Å². The number of thiophene rings is 1. The minimum absolute atomic E-state index is 0.0586. The molecule has 0 radical (unpaired) electrons. The minimum atomic E-state index is -0.853. The molecule has 1 aliphatic rings. The van der Waals surface area contributed by atoms with Gasteiger partial charge in [0.15, 0.2) is 0 Å². The Balaban J connectivity index is 1.47. The molecular formula is C23H24ClN5O4S. The number of aryl methyl sites for hydroxylation is 1. The molecule has 0 spiro atoms. The predicted octanol–water partition coefficient (Wildman–Crippen LogP) is 2.96. The summed E-state index contributed by atoms with van der Waals surface area (Å²) in [5.41, 5.74) is 1.97. The SMILES string of the molecule is CCn1cnc(C[C@@H](NC(=O)c2ccc(Cl)s2)C(=O)Nc2ccc(N3CCOCC3=O)cc2)c1. The number of morpholine rings is 1. The zero-order valence-electron chi connectivity index (χ0n) is 18.5. The van der Waals surface area contributed by atoms with Gasteiger partial charge < -0.3 is 24.8 Å². The molecule has 1 aromatic carbocycles. The first-order chi connectivity index (χ1) is 16.4. The highest BCUT2D eigenvalue weighted by Gasteiger charge is 2.24. The van der Waals surface area contributed by atoms with Gasteiger partial charge in [0.2, 0.25) is 5.91 Å². The van der Waals surface area contributed by atoms with Crippen LogP contribution in [0.5, 0.6) is 0 Å². The quantitative estimate of drug-likeness (QED) is 0.493. The maximum Gasteiger partial charge on any atom is 0.262 e. The fraction of sp³-hybridized carbons (Fsp3) is 0.304. The van der Waals surface area contributed by atoms with E-state index in [0.717, 1.165) is 23.6 Å². The van der Waals surface area contributed by atoms with Gasteiger partial charge in [0.05, 0.1) is 27.8 Å². The third-order valence-corrected chi connectivity index (χ3v) is 6.55. The molecule has 34 heavy (non-hydrogen) atoms. The third kappa shape index (κ3) is 5.82. The summed E-state index contributed by atoms with van der Waals surface area (Å²) >= 11 is 7.10. The van der Waals surface area contributed by atoms with Crippen molar-refractivity contribution >= 4 is 52.0 Å². The predicted molar refractivity (Wildman–Crippen MR) is 130 cm³/mol. The molecule has 11 heteroatoms. The first kappa shape index (κ1) is 23.9. The first-order valence-corrected chi connectivity index (χ1v) is 12.0. The highest BCUT2D eigenvalue weighted by Crippen LogP contribution is 2.22. The number of imidazole rings is 1. The van der Waals surface area contributed by atoms with E-state index < -0.39 is 6.04 Å². The summed E-state index contributed by atoms with van der Waals surface area (Å²) in [5.74, 6) is -0.864. The molecule has 0 saturated carbocycles. The van der Waals surface area contributed by atoms with Crippen molar-refractivity contribution in [3.63, 3.8) is 0 Å². The average molecular weight is 502 g/mol. The Morgan fingerprint density at radius 1 is 1.24 bits per heavy atom. The lowest BCUT2D eigenvalue weighted by Gasteiger charge is -2.27. The van der Waals surface area contributed by atoms with Crippen molar-refractivity contribution in [3.05, 3.63) is 63.8 Å². The Morgan fingerprint density at radius 2 is 2.03 bits per heavy atom. The van der Waals surface area contributed by atoms with Crippen LogP contribution >= 0.6 is 22.9 Å². The van der Waals surface area contributed by atoms with Gasteiger partial charge in [-0.1, -0.05) is 11.6 Å². The van der Waals surface area contributed by atoms with Crippen molar-refractivity contribution in [2.75, 3.05) is 30.0 Å².